The van der Waals surface area contributed by atoms with Gasteiger partial charge in [0.2, 0.25) is 11.8 Å². The molecule has 7 heteroatoms. The van der Waals surface area contributed by atoms with Crippen LogP contribution in [0.25, 0.3) is 0 Å². The van der Waals surface area contributed by atoms with Crippen LogP contribution in [0.5, 0.6) is 5.75 Å². The first-order chi connectivity index (χ1) is 18.9. The molecule has 0 radical (unpaired) electrons. The highest BCUT2D eigenvalue weighted by Gasteiger charge is 2.35. The van der Waals surface area contributed by atoms with Crippen molar-refractivity contribution in [1.29, 1.82) is 0 Å². The number of ether oxygens (including phenoxy) is 2. The Bertz CT molecular complexity index is 1140. The average molecular weight is 551 g/mol. The van der Waals surface area contributed by atoms with Crippen molar-refractivity contribution < 1.29 is 23.9 Å². The molecule has 2 aromatic rings. The maximum absolute atomic E-state index is 13.3. The van der Waals surface area contributed by atoms with E-state index in [-0.39, 0.29) is 42.8 Å². The standard InChI is InChI=1S/C33H46N2O5/c1-9-28(33(6,7)26-16-18-27(19-17-26)40-22-25-14-12-11-13-15-25)31(37)34-21-30(36)35(8)29(23(3)4)20-24(5)32(38)39-10-2/h11-20,23,28-29H,9-10,21-22H2,1-8H3,(H,34,37)/b24-20+/t28-,29-/m1/s1. The van der Waals surface area contributed by atoms with Crippen molar-refractivity contribution in [1.82, 2.24) is 10.2 Å². The number of benzene rings is 2. The van der Waals surface area contributed by atoms with Crippen LogP contribution in [-0.4, -0.2) is 48.9 Å². The van der Waals surface area contributed by atoms with Crippen LogP contribution in [0.1, 0.15) is 66.0 Å². The zero-order valence-electron chi connectivity index (χ0n) is 25.3. The van der Waals surface area contributed by atoms with Gasteiger partial charge in [0, 0.05) is 24.0 Å². The SMILES string of the molecule is CCOC(=O)/C(C)=C/[C@H](C(C)C)N(C)C(=O)CNC(=O)[C@@H](CC)C(C)(C)c1ccc(OCc2ccccc2)cc1. The van der Waals surface area contributed by atoms with Gasteiger partial charge in [-0.1, -0.05) is 83.2 Å². The monoisotopic (exact) mass is 550 g/mol. The van der Waals surface area contributed by atoms with Gasteiger partial charge in [-0.25, -0.2) is 4.79 Å². The van der Waals surface area contributed by atoms with E-state index in [0.29, 0.717) is 18.6 Å². The lowest BCUT2D eigenvalue weighted by Crippen LogP contribution is -2.48. The zero-order chi connectivity index (χ0) is 29.9. The molecular formula is C33H46N2O5. The molecule has 0 heterocycles. The quantitative estimate of drug-likeness (QED) is 0.242. The highest BCUT2D eigenvalue weighted by Crippen LogP contribution is 2.35. The Morgan fingerprint density at radius 1 is 1.00 bits per heavy atom. The van der Waals surface area contributed by atoms with Gasteiger partial charge in [0.15, 0.2) is 0 Å². The third kappa shape index (κ3) is 8.97. The molecule has 0 bridgehead atoms. The van der Waals surface area contributed by atoms with E-state index >= 15 is 0 Å². The van der Waals surface area contributed by atoms with Crippen molar-refractivity contribution in [2.24, 2.45) is 11.8 Å². The fourth-order valence-corrected chi connectivity index (χ4v) is 4.84. The summed E-state index contributed by atoms with van der Waals surface area (Å²) >= 11 is 0. The van der Waals surface area contributed by atoms with E-state index in [2.05, 4.69) is 5.32 Å². The van der Waals surface area contributed by atoms with Gasteiger partial charge in [-0.3, -0.25) is 9.59 Å². The van der Waals surface area contributed by atoms with Crippen LogP contribution in [0.3, 0.4) is 0 Å². The van der Waals surface area contributed by atoms with Gasteiger partial charge < -0.3 is 19.7 Å². The Labute approximate surface area is 239 Å². The van der Waals surface area contributed by atoms with Gasteiger partial charge in [0.05, 0.1) is 19.2 Å². The van der Waals surface area contributed by atoms with Crippen molar-refractivity contribution in [2.75, 3.05) is 20.2 Å². The largest absolute Gasteiger partial charge is 0.489 e. The van der Waals surface area contributed by atoms with Gasteiger partial charge in [0.1, 0.15) is 12.4 Å². The van der Waals surface area contributed by atoms with Gasteiger partial charge in [-0.05, 0) is 49.4 Å². The van der Waals surface area contributed by atoms with E-state index in [1.54, 1.807) is 31.9 Å². The summed E-state index contributed by atoms with van der Waals surface area (Å²) in [6, 6.07) is 17.5. The van der Waals surface area contributed by atoms with Crippen LogP contribution in [0.4, 0.5) is 0 Å². The number of esters is 1. The molecular weight excluding hydrogens is 504 g/mol. The summed E-state index contributed by atoms with van der Waals surface area (Å²) < 4.78 is 11.0. The number of likely N-dealkylation sites (N-methyl/N-ethyl adjacent to an activating group) is 1. The van der Waals surface area contributed by atoms with Crippen LogP contribution in [0.2, 0.25) is 0 Å². The molecule has 0 fully saturated rings. The van der Waals surface area contributed by atoms with Crippen LogP contribution in [0, 0.1) is 11.8 Å². The molecule has 1 N–H and O–H groups in total. The number of nitrogens with zero attached hydrogens (tertiary/aromatic N) is 1. The number of carbonyl (C=O) groups is 3. The third-order valence-electron chi connectivity index (χ3n) is 7.40. The lowest BCUT2D eigenvalue weighted by Gasteiger charge is -2.34. The van der Waals surface area contributed by atoms with Crippen molar-refractivity contribution in [3.05, 3.63) is 77.4 Å². The molecule has 0 unspecified atom stereocenters. The van der Waals surface area contributed by atoms with Crippen LogP contribution < -0.4 is 10.1 Å². The van der Waals surface area contributed by atoms with E-state index in [1.807, 2.05) is 89.2 Å². The predicted octanol–water partition coefficient (Wildman–Crippen LogP) is 5.68. The molecule has 0 saturated heterocycles. The number of carbonyl (C=O) groups excluding carboxylic acids is 3. The van der Waals surface area contributed by atoms with E-state index in [9.17, 15) is 14.4 Å². The van der Waals surface area contributed by atoms with Gasteiger partial charge >= 0.3 is 5.97 Å². The predicted molar refractivity (Wildman–Crippen MR) is 159 cm³/mol. The highest BCUT2D eigenvalue weighted by atomic mass is 16.5. The van der Waals surface area contributed by atoms with Crippen molar-refractivity contribution in [2.45, 2.75) is 73.0 Å². The summed E-state index contributed by atoms with van der Waals surface area (Å²) in [5.74, 6) is -0.303. The smallest absolute Gasteiger partial charge is 0.333 e. The summed E-state index contributed by atoms with van der Waals surface area (Å²) in [5.41, 5.74) is 2.10. The van der Waals surface area contributed by atoms with Gasteiger partial charge in [-0.2, -0.15) is 0 Å². The average Bonchev–Trinajstić information content (AvgIpc) is 2.93. The molecule has 2 atom stereocenters. The molecule has 218 valence electrons. The molecule has 0 aromatic heterocycles. The number of amides is 2. The highest BCUT2D eigenvalue weighted by molar-refractivity contribution is 5.89. The fraction of sp³-hybridized carbons (Fsp3) is 0.485. The topological polar surface area (TPSA) is 84.9 Å². The molecule has 2 amide bonds. The fourth-order valence-electron chi connectivity index (χ4n) is 4.84. The van der Waals surface area contributed by atoms with Crippen molar-refractivity contribution in [3.8, 4) is 5.75 Å². The summed E-state index contributed by atoms with van der Waals surface area (Å²) in [7, 11) is 1.69. The second-order valence-electron chi connectivity index (χ2n) is 11.0. The Morgan fingerprint density at radius 2 is 1.62 bits per heavy atom. The van der Waals surface area contributed by atoms with Crippen molar-refractivity contribution in [3.63, 3.8) is 0 Å². The Morgan fingerprint density at radius 3 is 2.17 bits per heavy atom. The number of hydrogen-bond acceptors (Lipinski definition) is 5. The number of nitrogens with one attached hydrogen (secondary N) is 1. The zero-order valence-corrected chi connectivity index (χ0v) is 25.3. The number of rotatable bonds is 14. The maximum atomic E-state index is 13.3. The maximum Gasteiger partial charge on any atom is 0.333 e. The minimum Gasteiger partial charge on any atom is -0.489 e. The second kappa shape index (κ2) is 15.2. The van der Waals surface area contributed by atoms with Crippen LogP contribution in [-0.2, 0) is 31.1 Å². The summed E-state index contributed by atoms with van der Waals surface area (Å²) in [5, 5.41) is 2.86. The van der Waals surface area contributed by atoms with E-state index in [4.69, 9.17) is 9.47 Å². The molecule has 0 aliphatic rings. The minimum atomic E-state index is -0.467. The molecule has 2 rings (SSSR count). The van der Waals surface area contributed by atoms with E-state index in [0.717, 1.165) is 16.9 Å². The summed E-state index contributed by atoms with van der Waals surface area (Å²) in [6.07, 6.45) is 2.37. The first-order valence-electron chi connectivity index (χ1n) is 14.1. The Hall–Kier alpha value is -3.61. The molecule has 0 saturated carbocycles. The van der Waals surface area contributed by atoms with Crippen LogP contribution >= 0.6 is 0 Å². The van der Waals surface area contributed by atoms with Crippen molar-refractivity contribution >= 4 is 17.8 Å². The molecule has 7 nitrogen and oxygen atoms in total. The first-order valence-corrected chi connectivity index (χ1v) is 14.1. The summed E-state index contributed by atoms with van der Waals surface area (Å²) in [6.45, 7) is 14.1. The number of hydrogen-bond donors (Lipinski definition) is 1. The lowest BCUT2D eigenvalue weighted by atomic mass is 9.71. The van der Waals surface area contributed by atoms with E-state index < -0.39 is 11.4 Å². The summed E-state index contributed by atoms with van der Waals surface area (Å²) in [4.78, 5) is 40.0. The van der Waals surface area contributed by atoms with Gasteiger partial charge in [-0.15, -0.1) is 0 Å². The molecule has 0 aliphatic carbocycles. The van der Waals surface area contributed by atoms with Gasteiger partial charge in [0.25, 0.3) is 0 Å². The minimum absolute atomic E-state index is 0.0657. The Kier molecular flexibility index (Phi) is 12.4. The first kappa shape index (κ1) is 32.6. The normalized spacial score (nSPS) is 13.4. The van der Waals surface area contributed by atoms with E-state index in [1.165, 1.54) is 0 Å². The third-order valence-corrected chi connectivity index (χ3v) is 7.40. The molecule has 2 aromatic carbocycles. The van der Waals surface area contributed by atoms with Crippen LogP contribution in [0.15, 0.2) is 66.2 Å². The molecule has 40 heavy (non-hydrogen) atoms. The lowest BCUT2D eigenvalue weighted by molar-refractivity contribution is -0.138. The molecule has 0 spiro atoms. The Balaban J connectivity index is 2.04. The molecule has 0 aliphatic heterocycles. The second-order valence-corrected chi connectivity index (χ2v) is 11.0.